The van der Waals surface area contributed by atoms with Gasteiger partial charge in [-0.25, -0.2) is 0 Å². The molecule has 0 saturated carbocycles. The minimum atomic E-state index is 0.243. The van der Waals surface area contributed by atoms with Gasteiger partial charge in [-0.15, -0.1) is 0 Å². The predicted molar refractivity (Wildman–Crippen MR) is 124 cm³/mol. The van der Waals surface area contributed by atoms with Crippen molar-refractivity contribution in [1.29, 1.82) is 0 Å². The third-order valence-corrected chi connectivity index (χ3v) is 5.97. The molecule has 0 radical (unpaired) electrons. The highest BCUT2D eigenvalue weighted by molar-refractivity contribution is 5.88. The average Bonchev–Trinajstić information content (AvgIpc) is 3.14. The van der Waals surface area contributed by atoms with Gasteiger partial charge in [0, 0.05) is 31.4 Å². The lowest BCUT2D eigenvalue weighted by atomic mass is 9.85. The van der Waals surface area contributed by atoms with Gasteiger partial charge in [0.05, 0.1) is 0 Å². The van der Waals surface area contributed by atoms with Crippen LogP contribution in [0, 0.1) is 0 Å². The summed E-state index contributed by atoms with van der Waals surface area (Å²) < 4.78 is 0. The summed E-state index contributed by atoms with van der Waals surface area (Å²) in [6, 6.07) is 33.1. The number of fused-ring (bicyclic) bond motifs is 3. The smallest absolute Gasteiger partial charge is 0.0358 e. The van der Waals surface area contributed by atoms with Gasteiger partial charge in [0.25, 0.3) is 0 Å². The summed E-state index contributed by atoms with van der Waals surface area (Å²) in [5.74, 6) is 0.243. The van der Waals surface area contributed by atoms with Crippen LogP contribution >= 0.6 is 0 Å². The van der Waals surface area contributed by atoms with Gasteiger partial charge in [0.15, 0.2) is 0 Å². The van der Waals surface area contributed by atoms with Crippen molar-refractivity contribution in [2.45, 2.75) is 5.92 Å². The van der Waals surface area contributed by atoms with Crippen LogP contribution in [0.25, 0.3) is 22.3 Å². The van der Waals surface area contributed by atoms with E-state index in [1.165, 1.54) is 38.9 Å². The fourth-order valence-electron chi connectivity index (χ4n) is 4.52. The number of hydrogen-bond donors (Lipinski definition) is 2. The van der Waals surface area contributed by atoms with Crippen LogP contribution in [0.3, 0.4) is 0 Å². The van der Waals surface area contributed by atoms with E-state index >= 15 is 0 Å². The molecule has 4 aromatic carbocycles. The summed E-state index contributed by atoms with van der Waals surface area (Å²) in [6.07, 6.45) is 0. The Balaban J connectivity index is 1.73. The molecule has 0 fully saturated rings. The molecule has 29 heavy (non-hydrogen) atoms. The van der Waals surface area contributed by atoms with E-state index in [0.29, 0.717) is 0 Å². The highest BCUT2D eigenvalue weighted by Crippen LogP contribution is 2.51. The van der Waals surface area contributed by atoms with E-state index in [4.69, 9.17) is 0 Å². The van der Waals surface area contributed by atoms with E-state index in [0.717, 1.165) is 11.4 Å². The minimum Gasteiger partial charge on any atom is -0.388 e. The van der Waals surface area contributed by atoms with Crippen molar-refractivity contribution < 1.29 is 0 Å². The van der Waals surface area contributed by atoms with Crippen molar-refractivity contribution in [1.82, 2.24) is 0 Å². The van der Waals surface area contributed by atoms with Gasteiger partial charge in [-0.2, -0.15) is 0 Å². The number of rotatable bonds is 4. The highest BCUT2D eigenvalue weighted by Gasteiger charge is 2.31. The molecular formula is C27H24N2. The molecular weight excluding hydrogens is 352 g/mol. The van der Waals surface area contributed by atoms with Crippen molar-refractivity contribution in [3.8, 4) is 22.3 Å². The van der Waals surface area contributed by atoms with E-state index in [1.807, 2.05) is 14.1 Å². The van der Waals surface area contributed by atoms with Crippen molar-refractivity contribution in [2.24, 2.45) is 0 Å². The molecule has 0 bridgehead atoms. The van der Waals surface area contributed by atoms with Gasteiger partial charge in [-0.05, 0) is 63.2 Å². The molecule has 1 unspecified atom stereocenters. The quantitative estimate of drug-likeness (QED) is 0.369. The van der Waals surface area contributed by atoms with Crippen LogP contribution < -0.4 is 10.6 Å². The Bertz CT molecular complexity index is 1160. The molecule has 1 aliphatic rings. The molecule has 2 nitrogen and oxygen atoms in total. The molecule has 0 amide bonds. The standard InChI is InChI=1S/C27H24N2/c1-28-20-14-10-18(11-15-20)22-8-5-9-25-23-6-3-4-7-24(23)26(27(22)25)19-12-16-21(29-2)17-13-19/h3-17,26,28-29H,1-2H3. The van der Waals surface area contributed by atoms with Gasteiger partial charge in [0.2, 0.25) is 0 Å². The minimum absolute atomic E-state index is 0.243. The lowest BCUT2D eigenvalue weighted by Crippen LogP contribution is -2.01. The van der Waals surface area contributed by atoms with Crippen LogP contribution in [0.15, 0.2) is 91.0 Å². The van der Waals surface area contributed by atoms with E-state index in [2.05, 4.69) is 102 Å². The first-order valence-corrected chi connectivity index (χ1v) is 10.1. The zero-order valence-corrected chi connectivity index (χ0v) is 16.7. The maximum Gasteiger partial charge on any atom is 0.0358 e. The molecule has 0 saturated heterocycles. The SMILES string of the molecule is CNc1ccc(-c2cccc3c2C(c2ccc(NC)cc2)c2ccccc2-3)cc1. The third-order valence-electron chi connectivity index (χ3n) is 5.97. The molecule has 1 atom stereocenters. The Labute approximate surface area is 172 Å². The summed E-state index contributed by atoms with van der Waals surface area (Å²) in [6.45, 7) is 0. The summed E-state index contributed by atoms with van der Waals surface area (Å²) in [5, 5.41) is 6.44. The Hall–Kier alpha value is -3.52. The molecule has 0 heterocycles. The second kappa shape index (κ2) is 7.14. The number of benzene rings is 4. The van der Waals surface area contributed by atoms with Gasteiger partial charge >= 0.3 is 0 Å². The summed E-state index contributed by atoms with van der Waals surface area (Å²) in [4.78, 5) is 0. The van der Waals surface area contributed by atoms with Crippen LogP contribution in [0.2, 0.25) is 0 Å². The van der Waals surface area contributed by atoms with Crippen molar-refractivity contribution in [3.05, 3.63) is 108 Å². The van der Waals surface area contributed by atoms with Crippen molar-refractivity contribution >= 4 is 11.4 Å². The summed E-state index contributed by atoms with van der Waals surface area (Å²) in [5.41, 5.74) is 11.6. The topological polar surface area (TPSA) is 24.1 Å². The van der Waals surface area contributed by atoms with Gasteiger partial charge in [-0.1, -0.05) is 66.7 Å². The van der Waals surface area contributed by atoms with Crippen molar-refractivity contribution in [2.75, 3.05) is 24.7 Å². The Morgan fingerprint density at radius 1 is 0.552 bits per heavy atom. The summed E-state index contributed by atoms with van der Waals surface area (Å²) in [7, 11) is 3.92. The maximum absolute atomic E-state index is 3.23. The number of anilines is 2. The van der Waals surface area contributed by atoms with E-state index in [1.54, 1.807) is 0 Å². The van der Waals surface area contributed by atoms with Gasteiger partial charge < -0.3 is 10.6 Å². The lowest BCUT2D eigenvalue weighted by Gasteiger charge is -2.19. The fraction of sp³-hybridized carbons (Fsp3) is 0.111. The zero-order valence-electron chi connectivity index (χ0n) is 16.7. The lowest BCUT2D eigenvalue weighted by molar-refractivity contribution is 1.02. The van der Waals surface area contributed by atoms with Crippen LogP contribution in [-0.2, 0) is 0 Å². The molecule has 0 aromatic heterocycles. The molecule has 4 aromatic rings. The van der Waals surface area contributed by atoms with E-state index in [9.17, 15) is 0 Å². The molecule has 5 rings (SSSR count). The largest absolute Gasteiger partial charge is 0.388 e. The van der Waals surface area contributed by atoms with Crippen LogP contribution in [0.4, 0.5) is 11.4 Å². The van der Waals surface area contributed by atoms with Crippen LogP contribution in [0.1, 0.15) is 22.6 Å². The van der Waals surface area contributed by atoms with Gasteiger partial charge in [0.1, 0.15) is 0 Å². The first-order valence-electron chi connectivity index (χ1n) is 10.1. The monoisotopic (exact) mass is 376 g/mol. The van der Waals surface area contributed by atoms with E-state index < -0.39 is 0 Å². The third kappa shape index (κ3) is 2.89. The predicted octanol–water partition coefficient (Wildman–Crippen LogP) is 6.60. The fourth-order valence-corrected chi connectivity index (χ4v) is 4.52. The maximum atomic E-state index is 3.23. The molecule has 0 aliphatic heterocycles. The second-order valence-electron chi connectivity index (χ2n) is 7.49. The Kier molecular flexibility index (Phi) is 4.33. The average molecular weight is 377 g/mol. The Morgan fingerprint density at radius 3 is 1.83 bits per heavy atom. The normalized spacial score (nSPS) is 14.2. The molecule has 2 N–H and O–H groups in total. The molecule has 142 valence electrons. The number of hydrogen-bond acceptors (Lipinski definition) is 2. The molecule has 2 heteroatoms. The Morgan fingerprint density at radius 2 is 1.14 bits per heavy atom. The first kappa shape index (κ1) is 17.6. The van der Waals surface area contributed by atoms with E-state index in [-0.39, 0.29) is 5.92 Å². The van der Waals surface area contributed by atoms with Crippen molar-refractivity contribution in [3.63, 3.8) is 0 Å². The molecule has 1 aliphatic carbocycles. The zero-order chi connectivity index (χ0) is 19.8. The first-order chi connectivity index (χ1) is 14.3. The van der Waals surface area contributed by atoms with Crippen LogP contribution in [-0.4, -0.2) is 14.1 Å². The highest BCUT2D eigenvalue weighted by atomic mass is 14.8. The number of nitrogens with one attached hydrogen (secondary N) is 2. The van der Waals surface area contributed by atoms with Gasteiger partial charge in [-0.3, -0.25) is 0 Å². The molecule has 0 spiro atoms. The summed E-state index contributed by atoms with van der Waals surface area (Å²) >= 11 is 0. The second-order valence-corrected chi connectivity index (χ2v) is 7.49. The van der Waals surface area contributed by atoms with Crippen LogP contribution in [0.5, 0.6) is 0 Å².